The molecule has 0 atom stereocenters. The fraction of sp³-hybridized carbons (Fsp3) is 0.333. The van der Waals surface area contributed by atoms with Crippen molar-refractivity contribution in [3.8, 4) is 5.75 Å². The molecular formula is C24H26N4O5. The number of non-ortho nitro benzene ring substituents is 1. The Morgan fingerprint density at radius 1 is 1.06 bits per heavy atom. The number of rotatable bonds is 6. The SMILES string of the molecule is COc1cccc(N2C(=O)C(c3ccc([N+](=O)[O-])cc3)=C(N(C)C3CCN(C)CC3)C2=O)c1. The Labute approximate surface area is 192 Å². The van der Waals surface area contributed by atoms with Crippen molar-refractivity contribution in [3.63, 3.8) is 0 Å². The summed E-state index contributed by atoms with van der Waals surface area (Å²) in [4.78, 5) is 43.2. The first kappa shape index (κ1) is 22.5. The van der Waals surface area contributed by atoms with Gasteiger partial charge in [0.05, 0.1) is 23.3 Å². The lowest BCUT2D eigenvalue weighted by atomic mass is 10.00. The molecule has 2 heterocycles. The average Bonchev–Trinajstić information content (AvgIpc) is 3.09. The Morgan fingerprint density at radius 2 is 1.73 bits per heavy atom. The lowest BCUT2D eigenvalue weighted by Gasteiger charge is -2.36. The number of methoxy groups -OCH3 is 1. The summed E-state index contributed by atoms with van der Waals surface area (Å²) in [6.07, 6.45) is 1.73. The van der Waals surface area contributed by atoms with Gasteiger partial charge in [-0.25, -0.2) is 4.90 Å². The molecule has 2 aliphatic heterocycles. The summed E-state index contributed by atoms with van der Waals surface area (Å²) in [7, 11) is 5.43. The molecule has 0 aromatic heterocycles. The topological polar surface area (TPSA) is 96.2 Å². The Balaban J connectivity index is 1.79. The predicted octanol–water partition coefficient (Wildman–Crippen LogP) is 2.91. The minimum atomic E-state index is -0.492. The number of ether oxygens (including phenoxy) is 1. The van der Waals surface area contributed by atoms with Crippen LogP contribution in [-0.4, -0.2) is 66.9 Å². The maximum Gasteiger partial charge on any atom is 0.282 e. The molecule has 9 heteroatoms. The molecule has 0 unspecified atom stereocenters. The second-order valence-corrected chi connectivity index (χ2v) is 8.32. The molecule has 0 radical (unpaired) electrons. The van der Waals surface area contributed by atoms with E-state index in [0.29, 0.717) is 22.7 Å². The number of benzene rings is 2. The van der Waals surface area contributed by atoms with Crippen molar-refractivity contribution >= 4 is 28.8 Å². The second-order valence-electron chi connectivity index (χ2n) is 8.32. The summed E-state index contributed by atoms with van der Waals surface area (Å²) >= 11 is 0. The lowest BCUT2D eigenvalue weighted by Crippen LogP contribution is -2.43. The lowest BCUT2D eigenvalue weighted by molar-refractivity contribution is -0.384. The summed E-state index contributed by atoms with van der Waals surface area (Å²) in [5.41, 5.74) is 1.37. The third-order valence-corrected chi connectivity index (χ3v) is 6.33. The number of hydrogen-bond acceptors (Lipinski definition) is 7. The first-order chi connectivity index (χ1) is 15.8. The van der Waals surface area contributed by atoms with Crippen LogP contribution >= 0.6 is 0 Å². The van der Waals surface area contributed by atoms with E-state index < -0.39 is 16.7 Å². The van der Waals surface area contributed by atoms with Gasteiger partial charge in [0.1, 0.15) is 11.4 Å². The second kappa shape index (κ2) is 9.03. The Kier molecular flexibility index (Phi) is 6.15. The molecule has 4 rings (SSSR count). The van der Waals surface area contributed by atoms with E-state index in [1.54, 1.807) is 24.3 Å². The van der Waals surface area contributed by atoms with E-state index in [2.05, 4.69) is 11.9 Å². The zero-order valence-electron chi connectivity index (χ0n) is 18.9. The zero-order chi connectivity index (χ0) is 23.7. The predicted molar refractivity (Wildman–Crippen MR) is 124 cm³/mol. The molecular weight excluding hydrogens is 424 g/mol. The quantitative estimate of drug-likeness (QED) is 0.379. The number of nitro groups is 1. The van der Waals surface area contributed by atoms with Crippen LogP contribution in [0, 0.1) is 10.1 Å². The molecule has 0 bridgehead atoms. The van der Waals surface area contributed by atoms with Gasteiger partial charge in [-0.05, 0) is 62.8 Å². The molecule has 2 aromatic rings. The number of anilines is 1. The molecule has 0 aliphatic carbocycles. The van der Waals surface area contributed by atoms with Gasteiger partial charge < -0.3 is 14.5 Å². The number of piperidine rings is 1. The fourth-order valence-electron chi connectivity index (χ4n) is 4.40. The number of carbonyl (C=O) groups excluding carboxylic acids is 2. The number of likely N-dealkylation sites (N-methyl/N-ethyl adjacent to an activating group) is 1. The summed E-state index contributed by atoms with van der Waals surface area (Å²) < 4.78 is 5.27. The first-order valence-corrected chi connectivity index (χ1v) is 10.7. The van der Waals surface area contributed by atoms with Gasteiger partial charge in [0.2, 0.25) is 0 Å². The van der Waals surface area contributed by atoms with Crippen LogP contribution in [0.1, 0.15) is 18.4 Å². The van der Waals surface area contributed by atoms with E-state index in [-0.39, 0.29) is 17.3 Å². The van der Waals surface area contributed by atoms with Crippen LogP contribution in [0.4, 0.5) is 11.4 Å². The third-order valence-electron chi connectivity index (χ3n) is 6.33. The average molecular weight is 450 g/mol. The smallest absolute Gasteiger partial charge is 0.282 e. The number of carbonyl (C=O) groups is 2. The van der Waals surface area contributed by atoms with Crippen LogP contribution in [0.15, 0.2) is 54.2 Å². The fourth-order valence-corrected chi connectivity index (χ4v) is 4.40. The van der Waals surface area contributed by atoms with Crippen molar-refractivity contribution < 1.29 is 19.2 Å². The number of nitro benzene ring substituents is 1. The van der Waals surface area contributed by atoms with Crippen molar-refractivity contribution in [2.75, 3.05) is 39.2 Å². The van der Waals surface area contributed by atoms with Crippen molar-refractivity contribution in [2.24, 2.45) is 0 Å². The molecule has 0 saturated carbocycles. The molecule has 33 heavy (non-hydrogen) atoms. The largest absolute Gasteiger partial charge is 0.497 e. The highest BCUT2D eigenvalue weighted by Gasteiger charge is 2.43. The molecule has 0 N–H and O–H groups in total. The summed E-state index contributed by atoms with van der Waals surface area (Å²) in [6.45, 7) is 1.80. The van der Waals surface area contributed by atoms with E-state index in [4.69, 9.17) is 4.74 Å². The molecule has 172 valence electrons. The monoisotopic (exact) mass is 450 g/mol. The van der Waals surface area contributed by atoms with E-state index in [1.807, 2.05) is 11.9 Å². The van der Waals surface area contributed by atoms with Crippen LogP contribution in [-0.2, 0) is 9.59 Å². The van der Waals surface area contributed by atoms with E-state index >= 15 is 0 Å². The van der Waals surface area contributed by atoms with Crippen molar-refractivity contribution in [3.05, 3.63) is 69.9 Å². The van der Waals surface area contributed by atoms with Gasteiger partial charge in [0, 0.05) is 31.3 Å². The van der Waals surface area contributed by atoms with Crippen molar-refractivity contribution in [1.29, 1.82) is 0 Å². The summed E-state index contributed by atoms with van der Waals surface area (Å²) in [5.74, 6) is -0.345. The normalized spacial score (nSPS) is 17.6. The number of hydrogen-bond donors (Lipinski definition) is 0. The molecule has 2 amide bonds. The maximum absolute atomic E-state index is 13.7. The highest BCUT2D eigenvalue weighted by Crippen LogP contribution is 2.37. The standard InChI is InChI=1S/C24H26N4O5/c1-25-13-11-17(12-14-25)26(2)22-21(16-7-9-18(10-8-16)28(31)32)23(29)27(24(22)30)19-5-4-6-20(15-19)33-3/h4-10,15,17H,11-14H2,1-3H3. The van der Waals surface area contributed by atoms with Crippen LogP contribution < -0.4 is 9.64 Å². The molecule has 1 saturated heterocycles. The van der Waals surface area contributed by atoms with E-state index in [9.17, 15) is 19.7 Å². The van der Waals surface area contributed by atoms with Crippen LogP contribution in [0.2, 0.25) is 0 Å². The maximum atomic E-state index is 13.7. The first-order valence-electron chi connectivity index (χ1n) is 10.7. The Bertz CT molecular complexity index is 1120. The van der Waals surface area contributed by atoms with E-state index in [0.717, 1.165) is 30.8 Å². The minimum absolute atomic E-state index is 0.0778. The van der Waals surface area contributed by atoms with Gasteiger partial charge in [0.25, 0.3) is 17.5 Å². The van der Waals surface area contributed by atoms with Crippen LogP contribution in [0.5, 0.6) is 5.75 Å². The molecule has 1 fully saturated rings. The highest BCUT2D eigenvalue weighted by atomic mass is 16.6. The number of amides is 2. The highest BCUT2D eigenvalue weighted by molar-refractivity contribution is 6.45. The van der Waals surface area contributed by atoms with Gasteiger partial charge in [-0.3, -0.25) is 19.7 Å². The number of imide groups is 1. The van der Waals surface area contributed by atoms with Gasteiger partial charge in [-0.2, -0.15) is 0 Å². The van der Waals surface area contributed by atoms with Crippen LogP contribution in [0.3, 0.4) is 0 Å². The van der Waals surface area contributed by atoms with Crippen molar-refractivity contribution in [1.82, 2.24) is 9.80 Å². The van der Waals surface area contributed by atoms with Gasteiger partial charge in [0.15, 0.2) is 0 Å². The summed E-state index contributed by atoms with van der Waals surface area (Å²) in [5, 5.41) is 11.1. The number of likely N-dealkylation sites (tertiary alicyclic amines) is 1. The molecule has 2 aliphatic rings. The van der Waals surface area contributed by atoms with E-state index in [1.165, 1.54) is 31.4 Å². The minimum Gasteiger partial charge on any atom is -0.497 e. The van der Waals surface area contributed by atoms with Crippen LogP contribution in [0.25, 0.3) is 5.57 Å². The number of nitrogens with zero attached hydrogens (tertiary/aromatic N) is 4. The Morgan fingerprint density at radius 3 is 2.33 bits per heavy atom. The molecule has 0 spiro atoms. The molecule has 2 aromatic carbocycles. The van der Waals surface area contributed by atoms with Gasteiger partial charge in [-0.15, -0.1) is 0 Å². The Hall–Kier alpha value is -3.72. The van der Waals surface area contributed by atoms with Gasteiger partial charge >= 0.3 is 0 Å². The summed E-state index contributed by atoms with van der Waals surface area (Å²) in [6, 6.07) is 12.6. The van der Waals surface area contributed by atoms with Gasteiger partial charge in [-0.1, -0.05) is 6.07 Å². The van der Waals surface area contributed by atoms with Crippen molar-refractivity contribution in [2.45, 2.75) is 18.9 Å². The zero-order valence-corrected chi connectivity index (χ0v) is 18.9. The molecule has 9 nitrogen and oxygen atoms in total. The third kappa shape index (κ3) is 4.19.